The summed E-state index contributed by atoms with van der Waals surface area (Å²) in [6, 6.07) is 11.0. The van der Waals surface area contributed by atoms with Crippen LogP contribution in [0.5, 0.6) is 0 Å². The van der Waals surface area contributed by atoms with Gasteiger partial charge in [0.1, 0.15) is 6.23 Å². The van der Waals surface area contributed by atoms with Gasteiger partial charge in [0.2, 0.25) is 0 Å². The summed E-state index contributed by atoms with van der Waals surface area (Å²) in [5.74, 6) is 0. The molecule has 0 aliphatic heterocycles. The van der Waals surface area contributed by atoms with Crippen LogP contribution in [0.25, 0.3) is 0 Å². The Labute approximate surface area is 124 Å². The smallest absolute Gasteiger partial charge is 0.112 e. The minimum atomic E-state index is 0.161. The molecule has 2 atom stereocenters. The predicted molar refractivity (Wildman–Crippen MR) is 85.7 cm³/mol. The molecule has 1 aromatic rings. The van der Waals surface area contributed by atoms with Crippen molar-refractivity contribution in [1.82, 2.24) is 9.80 Å². The number of ether oxygens (including phenoxy) is 1. The third-order valence-electron chi connectivity index (χ3n) is 3.69. The summed E-state index contributed by atoms with van der Waals surface area (Å²) in [5.41, 5.74) is 1.23. The van der Waals surface area contributed by atoms with Gasteiger partial charge in [-0.15, -0.1) is 0 Å². The van der Waals surface area contributed by atoms with Crippen molar-refractivity contribution in [2.24, 2.45) is 0 Å². The Morgan fingerprint density at radius 2 is 1.65 bits per heavy atom. The van der Waals surface area contributed by atoms with E-state index in [2.05, 4.69) is 69.2 Å². The lowest BCUT2D eigenvalue weighted by Crippen LogP contribution is -2.39. The normalized spacial score (nSPS) is 14.8. The maximum absolute atomic E-state index is 6.12. The zero-order valence-corrected chi connectivity index (χ0v) is 13.7. The Balaban J connectivity index is 2.55. The van der Waals surface area contributed by atoms with E-state index in [1.807, 2.05) is 6.07 Å². The highest BCUT2D eigenvalue weighted by Gasteiger charge is 2.20. The van der Waals surface area contributed by atoms with Crippen molar-refractivity contribution in [1.29, 1.82) is 0 Å². The molecule has 114 valence electrons. The Bertz CT molecular complexity index is 351. The zero-order chi connectivity index (χ0) is 15.0. The first-order valence-corrected chi connectivity index (χ1v) is 7.53. The number of hydrogen-bond donors (Lipinski definition) is 0. The summed E-state index contributed by atoms with van der Waals surface area (Å²) in [4.78, 5) is 4.49. The fourth-order valence-electron chi connectivity index (χ4n) is 2.35. The lowest BCUT2D eigenvalue weighted by atomic mass is 10.1. The van der Waals surface area contributed by atoms with Gasteiger partial charge >= 0.3 is 0 Å². The SMILES string of the molecule is CCCC(CC(OCc1ccccc1)N(C)C)N(C)C. The van der Waals surface area contributed by atoms with Gasteiger partial charge in [-0.2, -0.15) is 0 Å². The van der Waals surface area contributed by atoms with Crippen LogP contribution >= 0.6 is 0 Å². The van der Waals surface area contributed by atoms with Gasteiger partial charge in [-0.05, 0) is 40.2 Å². The van der Waals surface area contributed by atoms with E-state index >= 15 is 0 Å². The molecule has 3 nitrogen and oxygen atoms in total. The molecule has 0 bridgehead atoms. The van der Waals surface area contributed by atoms with E-state index in [1.165, 1.54) is 18.4 Å². The van der Waals surface area contributed by atoms with E-state index in [0.717, 1.165) is 6.42 Å². The van der Waals surface area contributed by atoms with Crippen molar-refractivity contribution < 1.29 is 4.74 Å². The standard InChI is InChI=1S/C17H30N2O/c1-6-10-16(18(2)3)13-17(19(4)5)20-14-15-11-8-7-9-12-15/h7-9,11-12,16-17H,6,10,13-14H2,1-5H3. The molecule has 0 aromatic heterocycles. The molecule has 2 unspecified atom stereocenters. The molecular weight excluding hydrogens is 248 g/mol. The minimum Gasteiger partial charge on any atom is -0.358 e. The first-order chi connectivity index (χ1) is 9.54. The molecule has 0 amide bonds. The molecule has 0 fully saturated rings. The van der Waals surface area contributed by atoms with Crippen LogP contribution in [0.1, 0.15) is 31.7 Å². The molecule has 1 aromatic carbocycles. The Morgan fingerprint density at radius 1 is 1.00 bits per heavy atom. The number of nitrogens with zero attached hydrogens (tertiary/aromatic N) is 2. The highest BCUT2D eigenvalue weighted by atomic mass is 16.5. The predicted octanol–water partition coefficient (Wildman–Crippen LogP) is 3.21. The summed E-state index contributed by atoms with van der Waals surface area (Å²) in [6.45, 7) is 2.92. The fourth-order valence-corrected chi connectivity index (χ4v) is 2.35. The maximum Gasteiger partial charge on any atom is 0.112 e. The summed E-state index contributed by atoms with van der Waals surface area (Å²) in [7, 11) is 8.50. The molecule has 0 aliphatic carbocycles. The summed E-state index contributed by atoms with van der Waals surface area (Å²) >= 11 is 0. The molecule has 0 saturated heterocycles. The average Bonchev–Trinajstić information content (AvgIpc) is 2.42. The molecule has 20 heavy (non-hydrogen) atoms. The highest BCUT2D eigenvalue weighted by Crippen LogP contribution is 2.15. The van der Waals surface area contributed by atoms with Crippen LogP contribution in [0, 0.1) is 0 Å². The maximum atomic E-state index is 6.12. The molecule has 1 rings (SSSR count). The first-order valence-electron chi connectivity index (χ1n) is 7.53. The van der Waals surface area contributed by atoms with Gasteiger partial charge in [-0.25, -0.2) is 0 Å². The van der Waals surface area contributed by atoms with Gasteiger partial charge in [0.15, 0.2) is 0 Å². The van der Waals surface area contributed by atoms with E-state index < -0.39 is 0 Å². The van der Waals surface area contributed by atoms with Crippen molar-refractivity contribution in [2.45, 2.75) is 45.1 Å². The van der Waals surface area contributed by atoms with Crippen LogP contribution < -0.4 is 0 Å². The number of rotatable bonds is 9. The van der Waals surface area contributed by atoms with E-state index in [1.54, 1.807) is 0 Å². The van der Waals surface area contributed by atoms with Crippen LogP contribution in [0.15, 0.2) is 30.3 Å². The molecular formula is C17H30N2O. The lowest BCUT2D eigenvalue weighted by Gasteiger charge is -2.32. The Hall–Kier alpha value is -0.900. The van der Waals surface area contributed by atoms with Crippen LogP contribution in [0.3, 0.4) is 0 Å². The summed E-state index contributed by atoms with van der Waals surface area (Å²) in [6.07, 6.45) is 3.63. The van der Waals surface area contributed by atoms with Crippen LogP contribution in [-0.2, 0) is 11.3 Å². The van der Waals surface area contributed by atoms with Crippen molar-refractivity contribution in [2.75, 3.05) is 28.2 Å². The highest BCUT2D eigenvalue weighted by molar-refractivity contribution is 5.13. The third kappa shape index (κ3) is 6.04. The average molecular weight is 278 g/mol. The molecule has 0 heterocycles. The van der Waals surface area contributed by atoms with Gasteiger partial charge in [0, 0.05) is 12.5 Å². The third-order valence-corrected chi connectivity index (χ3v) is 3.69. The van der Waals surface area contributed by atoms with Gasteiger partial charge in [0.05, 0.1) is 6.61 Å². The fraction of sp³-hybridized carbons (Fsp3) is 0.647. The van der Waals surface area contributed by atoms with Gasteiger partial charge in [-0.3, -0.25) is 4.90 Å². The number of benzene rings is 1. The quantitative estimate of drug-likeness (QED) is 0.645. The monoisotopic (exact) mass is 278 g/mol. The van der Waals surface area contributed by atoms with Crippen LogP contribution in [0.2, 0.25) is 0 Å². The summed E-state index contributed by atoms with van der Waals surface area (Å²) < 4.78 is 6.12. The lowest BCUT2D eigenvalue weighted by molar-refractivity contribution is -0.0624. The van der Waals surface area contributed by atoms with Crippen LogP contribution in [0.4, 0.5) is 0 Å². The Morgan fingerprint density at radius 3 is 2.15 bits per heavy atom. The second-order valence-electron chi connectivity index (χ2n) is 5.86. The second kappa shape index (κ2) is 9.11. The van der Waals surface area contributed by atoms with Gasteiger partial charge < -0.3 is 9.64 Å². The molecule has 0 N–H and O–H groups in total. The van der Waals surface area contributed by atoms with Crippen molar-refractivity contribution >= 4 is 0 Å². The number of hydrogen-bond acceptors (Lipinski definition) is 3. The van der Waals surface area contributed by atoms with Crippen molar-refractivity contribution in [3.05, 3.63) is 35.9 Å². The van der Waals surface area contributed by atoms with E-state index in [-0.39, 0.29) is 6.23 Å². The largest absolute Gasteiger partial charge is 0.358 e. The molecule has 0 aliphatic rings. The summed E-state index contributed by atoms with van der Waals surface area (Å²) in [5, 5.41) is 0. The zero-order valence-electron chi connectivity index (χ0n) is 13.7. The van der Waals surface area contributed by atoms with E-state index in [0.29, 0.717) is 12.6 Å². The first kappa shape index (κ1) is 17.2. The Kier molecular flexibility index (Phi) is 7.82. The molecule has 0 saturated carbocycles. The van der Waals surface area contributed by atoms with Crippen molar-refractivity contribution in [3.63, 3.8) is 0 Å². The van der Waals surface area contributed by atoms with Gasteiger partial charge in [-0.1, -0.05) is 43.7 Å². The molecule has 0 spiro atoms. The molecule has 3 heteroatoms. The van der Waals surface area contributed by atoms with E-state index in [9.17, 15) is 0 Å². The van der Waals surface area contributed by atoms with Crippen LogP contribution in [-0.4, -0.2) is 50.3 Å². The van der Waals surface area contributed by atoms with Gasteiger partial charge in [0.25, 0.3) is 0 Å². The van der Waals surface area contributed by atoms with E-state index in [4.69, 9.17) is 4.74 Å². The molecule has 0 radical (unpaired) electrons. The van der Waals surface area contributed by atoms with Crippen molar-refractivity contribution in [3.8, 4) is 0 Å². The second-order valence-corrected chi connectivity index (χ2v) is 5.86. The topological polar surface area (TPSA) is 15.7 Å². The minimum absolute atomic E-state index is 0.161.